The number of nitrogens with one attached hydrogen (secondary N) is 1. The molecule has 3 aromatic heterocycles. The zero-order chi connectivity index (χ0) is 15.8. The molecule has 0 atom stereocenters. The molecule has 0 spiro atoms. The number of fused-ring (bicyclic) bond motifs is 1. The molecule has 0 fully saturated rings. The average Bonchev–Trinajstić information content (AvgIpc) is 3.14. The summed E-state index contributed by atoms with van der Waals surface area (Å²) < 4.78 is 15.5. The molecule has 8 heteroatoms. The number of hydrogen-bond acceptors (Lipinski definition) is 5. The SMILES string of the molecule is Cc1nc(-c2nn(Cc3ccccc3F)c3nnccc23)n[nH]1. The van der Waals surface area contributed by atoms with Crippen LogP contribution in [0.15, 0.2) is 36.5 Å². The van der Waals surface area contributed by atoms with Crippen molar-refractivity contribution in [2.75, 3.05) is 0 Å². The summed E-state index contributed by atoms with van der Waals surface area (Å²) in [5.41, 5.74) is 1.68. The van der Waals surface area contributed by atoms with Crippen LogP contribution < -0.4 is 0 Å². The van der Waals surface area contributed by atoms with Gasteiger partial charge in [-0.25, -0.2) is 14.1 Å². The fourth-order valence-corrected chi connectivity index (χ4v) is 2.43. The van der Waals surface area contributed by atoms with Crippen molar-refractivity contribution in [2.24, 2.45) is 0 Å². The van der Waals surface area contributed by atoms with E-state index in [1.54, 1.807) is 35.1 Å². The molecule has 114 valence electrons. The average molecular weight is 309 g/mol. The Morgan fingerprint density at radius 2 is 2.09 bits per heavy atom. The minimum absolute atomic E-state index is 0.255. The van der Waals surface area contributed by atoms with E-state index >= 15 is 0 Å². The summed E-state index contributed by atoms with van der Waals surface area (Å²) in [6, 6.07) is 8.38. The van der Waals surface area contributed by atoms with Gasteiger partial charge in [0.05, 0.1) is 18.1 Å². The molecule has 3 heterocycles. The van der Waals surface area contributed by atoms with Crippen LogP contribution in [0.2, 0.25) is 0 Å². The predicted octanol–water partition coefficient (Wildman–Crippen LogP) is 2.11. The summed E-state index contributed by atoms with van der Waals surface area (Å²) in [6.07, 6.45) is 1.58. The van der Waals surface area contributed by atoms with Gasteiger partial charge in [0.15, 0.2) is 5.65 Å². The van der Waals surface area contributed by atoms with Gasteiger partial charge in [-0.1, -0.05) is 18.2 Å². The van der Waals surface area contributed by atoms with Crippen LogP contribution >= 0.6 is 0 Å². The Kier molecular flexibility index (Phi) is 3.07. The number of hydrogen-bond donors (Lipinski definition) is 1. The predicted molar refractivity (Wildman–Crippen MR) is 80.9 cm³/mol. The summed E-state index contributed by atoms with van der Waals surface area (Å²) in [6.45, 7) is 2.07. The molecule has 0 bridgehead atoms. The van der Waals surface area contributed by atoms with Gasteiger partial charge in [-0.2, -0.15) is 15.3 Å². The molecule has 7 nitrogen and oxygen atoms in total. The van der Waals surface area contributed by atoms with E-state index < -0.39 is 0 Å². The molecule has 1 aromatic carbocycles. The topological polar surface area (TPSA) is 85.2 Å². The standard InChI is InChI=1S/C15H12FN7/c1-9-18-14(20-19-9)13-11-6-7-17-21-15(11)23(22-13)8-10-4-2-3-5-12(10)16/h2-7H,8H2,1H3,(H,18,19,20). The van der Waals surface area contributed by atoms with E-state index in [2.05, 4.69) is 30.5 Å². The van der Waals surface area contributed by atoms with Crippen molar-refractivity contribution in [3.05, 3.63) is 53.7 Å². The van der Waals surface area contributed by atoms with Gasteiger partial charge in [0.2, 0.25) is 5.82 Å². The number of nitrogens with zero attached hydrogens (tertiary/aromatic N) is 6. The van der Waals surface area contributed by atoms with Crippen LogP contribution in [0.5, 0.6) is 0 Å². The fourth-order valence-electron chi connectivity index (χ4n) is 2.43. The Bertz CT molecular complexity index is 988. The molecular weight excluding hydrogens is 297 g/mol. The van der Waals surface area contributed by atoms with Crippen LogP contribution in [-0.2, 0) is 6.54 Å². The smallest absolute Gasteiger partial charge is 0.202 e. The van der Waals surface area contributed by atoms with Crippen molar-refractivity contribution in [3.63, 3.8) is 0 Å². The van der Waals surface area contributed by atoms with E-state index in [1.165, 1.54) is 6.07 Å². The maximum absolute atomic E-state index is 13.9. The Morgan fingerprint density at radius 3 is 2.87 bits per heavy atom. The van der Waals surface area contributed by atoms with E-state index in [-0.39, 0.29) is 12.4 Å². The molecule has 0 aliphatic carbocycles. The maximum atomic E-state index is 13.9. The number of rotatable bonds is 3. The first-order chi connectivity index (χ1) is 11.2. The third-order valence-electron chi connectivity index (χ3n) is 3.51. The number of benzene rings is 1. The zero-order valence-electron chi connectivity index (χ0n) is 12.2. The quantitative estimate of drug-likeness (QED) is 0.626. The third-order valence-corrected chi connectivity index (χ3v) is 3.51. The normalized spacial score (nSPS) is 11.2. The minimum Gasteiger partial charge on any atom is -0.263 e. The van der Waals surface area contributed by atoms with Gasteiger partial charge < -0.3 is 0 Å². The first-order valence-corrected chi connectivity index (χ1v) is 7.03. The summed E-state index contributed by atoms with van der Waals surface area (Å²) in [5.74, 6) is 0.891. The van der Waals surface area contributed by atoms with Crippen molar-refractivity contribution in [1.29, 1.82) is 0 Å². The minimum atomic E-state index is -0.282. The van der Waals surface area contributed by atoms with Gasteiger partial charge in [0, 0.05) is 5.56 Å². The van der Waals surface area contributed by atoms with Crippen molar-refractivity contribution in [2.45, 2.75) is 13.5 Å². The Morgan fingerprint density at radius 1 is 1.22 bits per heavy atom. The summed E-state index contributed by atoms with van der Waals surface area (Å²) in [7, 11) is 0. The highest BCUT2D eigenvalue weighted by Crippen LogP contribution is 2.24. The number of aromatic nitrogens is 7. The summed E-state index contributed by atoms with van der Waals surface area (Å²) in [5, 5.41) is 20.2. The van der Waals surface area contributed by atoms with E-state index in [0.717, 1.165) is 5.39 Å². The first-order valence-electron chi connectivity index (χ1n) is 7.03. The third kappa shape index (κ3) is 2.33. The number of halogens is 1. The van der Waals surface area contributed by atoms with E-state index in [0.29, 0.717) is 28.6 Å². The molecule has 0 amide bonds. The lowest BCUT2D eigenvalue weighted by Gasteiger charge is -2.03. The Balaban J connectivity index is 1.86. The van der Waals surface area contributed by atoms with Crippen LogP contribution in [0.25, 0.3) is 22.6 Å². The molecule has 0 radical (unpaired) electrons. The molecular formula is C15H12FN7. The number of aryl methyl sites for hydroxylation is 1. The lowest BCUT2D eigenvalue weighted by atomic mass is 10.2. The van der Waals surface area contributed by atoms with Crippen LogP contribution in [0.4, 0.5) is 4.39 Å². The number of aromatic amines is 1. The van der Waals surface area contributed by atoms with Gasteiger partial charge in [0.25, 0.3) is 0 Å². The molecule has 0 unspecified atom stereocenters. The van der Waals surface area contributed by atoms with Crippen LogP contribution in [0, 0.1) is 12.7 Å². The summed E-state index contributed by atoms with van der Waals surface area (Å²) >= 11 is 0. The second-order valence-electron chi connectivity index (χ2n) is 5.11. The lowest BCUT2D eigenvalue weighted by molar-refractivity contribution is 0.589. The van der Waals surface area contributed by atoms with Crippen molar-refractivity contribution < 1.29 is 4.39 Å². The molecule has 0 saturated heterocycles. The molecule has 23 heavy (non-hydrogen) atoms. The van der Waals surface area contributed by atoms with Crippen LogP contribution in [-0.4, -0.2) is 35.2 Å². The highest BCUT2D eigenvalue weighted by Gasteiger charge is 2.17. The summed E-state index contributed by atoms with van der Waals surface area (Å²) in [4.78, 5) is 4.30. The lowest BCUT2D eigenvalue weighted by Crippen LogP contribution is -2.05. The molecule has 4 rings (SSSR count). The molecule has 0 aliphatic rings. The van der Waals surface area contributed by atoms with Gasteiger partial charge in [0.1, 0.15) is 17.3 Å². The Labute approximate surface area is 130 Å². The molecule has 0 saturated carbocycles. The van der Waals surface area contributed by atoms with Gasteiger partial charge in [-0.15, -0.1) is 5.10 Å². The monoisotopic (exact) mass is 309 g/mol. The van der Waals surface area contributed by atoms with Gasteiger partial charge in [-0.05, 0) is 19.1 Å². The van der Waals surface area contributed by atoms with Gasteiger partial charge >= 0.3 is 0 Å². The second kappa shape index (κ2) is 5.24. The van der Waals surface area contributed by atoms with Crippen LogP contribution in [0.1, 0.15) is 11.4 Å². The van der Waals surface area contributed by atoms with Crippen LogP contribution in [0.3, 0.4) is 0 Å². The highest BCUT2D eigenvalue weighted by molar-refractivity contribution is 5.88. The van der Waals surface area contributed by atoms with Crippen molar-refractivity contribution >= 4 is 11.0 Å². The van der Waals surface area contributed by atoms with E-state index in [1.807, 2.05) is 6.92 Å². The fraction of sp³-hybridized carbons (Fsp3) is 0.133. The van der Waals surface area contributed by atoms with E-state index in [4.69, 9.17) is 0 Å². The number of H-pyrrole nitrogens is 1. The second-order valence-corrected chi connectivity index (χ2v) is 5.11. The zero-order valence-corrected chi connectivity index (χ0v) is 12.2. The Hall–Kier alpha value is -3.16. The van der Waals surface area contributed by atoms with Crippen molar-refractivity contribution in [1.82, 2.24) is 35.2 Å². The van der Waals surface area contributed by atoms with E-state index in [9.17, 15) is 4.39 Å². The molecule has 4 aromatic rings. The first kappa shape index (κ1) is 13.5. The highest BCUT2D eigenvalue weighted by atomic mass is 19.1. The molecule has 0 aliphatic heterocycles. The molecule has 1 N–H and O–H groups in total. The maximum Gasteiger partial charge on any atom is 0.202 e. The van der Waals surface area contributed by atoms with Gasteiger partial charge in [-0.3, -0.25) is 5.10 Å². The van der Waals surface area contributed by atoms with Crippen molar-refractivity contribution in [3.8, 4) is 11.5 Å². The largest absolute Gasteiger partial charge is 0.263 e.